The van der Waals surface area contributed by atoms with Gasteiger partial charge in [0.1, 0.15) is 0 Å². The van der Waals surface area contributed by atoms with Crippen LogP contribution in [0.3, 0.4) is 0 Å². The van der Waals surface area contributed by atoms with E-state index < -0.39 is 5.82 Å². The molecule has 1 aromatic rings. The molecule has 0 spiro atoms. The Morgan fingerprint density at radius 1 is 1.47 bits per heavy atom. The summed E-state index contributed by atoms with van der Waals surface area (Å²) in [6, 6.07) is 0.162. The van der Waals surface area contributed by atoms with Gasteiger partial charge in [0.15, 0.2) is 5.82 Å². The molecule has 4 nitrogen and oxygen atoms in total. The van der Waals surface area contributed by atoms with Gasteiger partial charge < -0.3 is 11.1 Å². The first-order valence-electron chi connectivity index (χ1n) is 5.20. The summed E-state index contributed by atoms with van der Waals surface area (Å²) in [5.74, 6) is 0.00126. The largest absolute Gasteiger partial charge is 0.350 e. The molecule has 0 aliphatic rings. The van der Waals surface area contributed by atoms with E-state index in [1.165, 1.54) is 0 Å². The molecule has 0 aliphatic carbocycles. The zero-order valence-electron chi connectivity index (χ0n) is 8.91. The number of hydrogen-bond donors (Lipinski definition) is 2. The Morgan fingerprint density at radius 2 is 2.13 bits per heavy atom. The quantitative estimate of drug-likeness (QED) is 0.750. The van der Waals surface area contributed by atoms with Crippen LogP contribution in [-0.4, -0.2) is 22.6 Å². The molecule has 0 aliphatic heterocycles. The van der Waals surface area contributed by atoms with Crippen LogP contribution in [0.5, 0.6) is 0 Å². The molecule has 0 radical (unpaired) electrons. The number of anilines is 1. The predicted octanol–water partition coefficient (Wildman–Crippen LogP) is 1.55. The highest BCUT2D eigenvalue weighted by molar-refractivity contribution is 5.24. The smallest absolute Gasteiger partial charge is 0.223 e. The van der Waals surface area contributed by atoms with E-state index in [1.807, 2.05) is 0 Å². The molecule has 0 saturated heterocycles. The molecule has 1 heterocycles. The molecule has 5 heteroatoms. The first-order chi connectivity index (χ1) is 7.26. The summed E-state index contributed by atoms with van der Waals surface area (Å²) < 4.78 is 12.5. The summed E-state index contributed by atoms with van der Waals surface area (Å²) in [5, 5.41) is 3.08. The average Bonchev–Trinajstić information content (AvgIpc) is 2.27. The fourth-order valence-electron chi connectivity index (χ4n) is 1.27. The molecule has 0 aromatic carbocycles. The van der Waals surface area contributed by atoms with Crippen molar-refractivity contribution in [1.29, 1.82) is 0 Å². The standard InChI is InChI=1S/C10H17FN4/c1-2-3-4-9(5-12)15-10-13-6-8(11)7-14-10/h6-7,9H,2-5,12H2,1H3,(H,13,14,15). The third kappa shape index (κ3) is 4.20. The minimum absolute atomic E-state index is 0.162. The van der Waals surface area contributed by atoms with Crippen molar-refractivity contribution in [2.75, 3.05) is 11.9 Å². The lowest BCUT2D eigenvalue weighted by Gasteiger charge is -2.15. The van der Waals surface area contributed by atoms with Gasteiger partial charge in [-0.05, 0) is 6.42 Å². The zero-order valence-corrected chi connectivity index (χ0v) is 8.91. The Balaban J connectivity index is 2.47. The van der Waals surface area contributed by atoms with Crippen LogP contribution in [0.25, 0.3) is 0 Å². The van der Waals surface area contributed by atoms with Crippen LogP contribution in [0.2, 0.25) is 0 Å². The van der Waals surface area contributed by atoms with E-state index in [9.17, 15) is 4.39 Å². The Hall–Kier alpha value is -1.23. The van der Waals surface area contributed by atoms with Crippen LogP contribution in [0.15, 0.2) is 12.4 Å². The van der Waals surface area contributed by atoms with Crippen molar-refractivity contribution in [3.8, 4) is 0 Å². The lowest BCUT2D eigenvalue weighted by Crippen LogP contribution is -2.29. The van der Waals surface area contributed by atoms with E-state index in [-0.39, 0.29) is 6.04 Å². The molecule has 0 fully saturated rings. The normalized spacial score (nSPS) is 12.5. The van der Waals surface area contributed by atoms with Gasteiger partial charge in [-0.3, -0.25) is 0 Å². The average molecular weight is 212 g/mol. The van der Waals surface area contributed by atoms with Crippen molar-refractivity contribution in [2.24, 2.45) is 5.73 Å². The van der Waals surface area contributed by atoms with E-state index in [0.29, 0.717) is 12.5 Å². The molecule has 1 rings (SSSR count). The van der Waals surface area contributed by atoms with Gasteiger partial charge in [-0.2, -0.15) is 0 Å². The van der Waals surface area contributed by atoms with Crippen LogP contribution < -0.4 is 11.1 Å². The third-order valence-electron chi connectivity index (χ3n) is 2.14. The van der Waals surface area contributed by atoms with Gasteiger partial charge in [0.2, 0.25) is 5.95 Å². The second-order valence-corrected chi connectivity index (χ2v) is 3.44. The van der Waals surface area contributed by atoms with Gasteiger partial charge in [-0.1, -0.05) is 19.8 Å². The molecule has 3 N–H and O–H groups in total. The van der Waals surface area contributed by atoms with E-state index in [2.05, 4.69) is 22.2 Å². The Kier molecular flexibility index (Phi) is 4.97. The maximum Gasteiger partial charge on any atom is 0.223 e. The van der Waals surface area contributed by atoms with Crippen LogP contribution in [0, 0.1) is 5.82 Å². The topological polar surface area (TPSA) is 63.8 Å². The number of hydrogen-bond acceptors (Lipinski definition) is 4. The van der Waals surface area contributed by atoms with Gasteiger partial charge in [0.05, 0.1) is 12.4 Å². The van der Waals surface area contributed by atoms with Crippen molar-refractivity contribution in [1.82, 2.24) is 9.97 Å². The van der Waals surface area contributed by atoms with Crippen LogP contribution in [-0.2, 0) is 0 Å². The van der Waals surface area contributed by atoms with Crippen LogP contribution in [0.4, 0.5) is 10.3 Å². The number of nitrogens with zero attached hydrogens (tertiary/aromatic N) is 2. The number of rotatable bonds is 6. The lowest BCUT2D eigenvalue weighted by molar-refractivity contribution is 0.600. The molecular formula is C10H17FN4. The van der Waals surface area contributed by atoms with Crippen LogP contribution in [0.1, 0.15) is 26.2 Å². The molecule has 1 aromatic heterocycles. The molecule has 0 amide bonds. The maximum absolute atomic E-state index is 12.5. The highest BCUT2D eigenvalue weighted by atomic mass is 19.1. The summed E-state index contributed by atoms with van der Waals surface area (Å²) in [7, 11) is 0. The van der Waals surface area contributed by atoms with Gasteiger partial charge >= 0.3 is 0 Å². The molecule has 0 bridgehead atoms. The first kappa shape index (κ1) is 11.8. The van der Waals surface area contributed by atoms with Gasteiger partial charge in [-0.15, -0.1) is 0 Å². The molecule has 1 atom stereocenters. The van der Waals surface area contributed by atoms with Crippen LogP contribution >= 0.6 is 0 Å². The number of unbranched alkanes of at least 4 members (excludes halogenated alkanes) is 1. The van der Waals surface area contributed by atoms with E-state index in [1.54, 1.807) is 0 Å². The second-order valence-electron chi connectivity index (χ2n) is 3.44. The lowest BCUT2D eigenvalue weighted by atomic mass is 10.1. The van der Waals surface area contributed by atoms with E-state index in [4.69, 9.17) is 5.73 Å². The minimum atomic E-state index is -0.432. The van der Waals surface area contributed by atoms with Crippen molar-refractivity contribution < 1.29 is 4.39 Å². The predicted molar refractivity (Wildman–Crippen MR) is 58.0 cm³/mol. The van der Waals surface area contributed by atoms with Gasteiger partial charge in [0.25, 0.3) is 0 Å². The highest BCUT2D eigenvalue weighted by Gasteiger charge is 2.07. The number of aromatic nitrogens is 2. The summed E-state index contributed by atoms with van der Waals surface area (Å²) >= 11 is 0. The van der Waals surface area contributed by atoms with Gasteiger partial charge in [-0.25, -0.2) is 14.4 Å². The fraction of sp³-hybridized carbons (Fsp3) is 0.600. The van der Waals surface area contributed by atoms with Crippen molar-refractivity contribution in [2.45, 2.75) is 32.2 Å². The minimum Gasteiger partial charge on any atom is -0.350 e. The van der Waals surface area contributed by atoms with Crippen molar-refractivity contribution in [3.05, 3.63) is 18.2 Å². The van der Waals surface area contributed by atoms with E-state index >= 15 is 0 Å². The number of halogens is 1. The third-order valence-corrected chi connectivity index (χ3v) is 2.14. The molecule has 1 unspecified atom stereocenters. The monoisotopic (exact) mass is 212 g/mol. The molecular weight excluding hydrogens is 195 g/mol. The summed E-state index contributed by atoms with van der Waals surface area (Å²) in [4.78, 5) is 7.64. The zero-order chi connectivity index (χ0) is 11.1. The Bertz CT molecular complexity index is 275. The molecule has 84 valence electrons. The Labute approximate surface area is 89.1 Å². The fourth-order valence-corrected chi connectivity index (χ4v) is 1.27. The van der Waals surface area contributed by atoms with Gasteiger partial charge in [0, 0.05) is 12.6 Å². The number of nitrogens with one attached hydrogen (secondary N) is 1. The SMILES string of the molecule is CCCCC(CN)Nc1ncc(F)cn1. The van der Waals surface area contributed by atoms with Crippen molar-refractivity contribution in [3.63, 3.8) is 0 Å². The summed E-state index contributed by atoms with van der Waals surface area (Å²) in [6.07, 6.45) is 5.50. The van der Waals surface area contributed by atoms with Crippen molar-refractivity contribution >= 4 is 5.95 Å². The molecule has 0 saturated carbocycles. The molecule has 15 heavy (non-hydrogen) atoms. The highest BCUT2D eigenvalue weighted by Crippen LogP contribution is 2.05. The number of nitrogens with two attached hydrogens (primary N) is 1. The maximum atomic E-state index is 12.5. The summed E-state index contributed by atoms with van der Waals surface area (Å²) in [5.41, 5.74) is 5.60. The Morgan fingerprint density at radius 3 is 2.67 bits per heavy atom. The summed E-state index contributed by atoms with van der Waals surface area (Å²) in [6.45, 7) is 2.66. The van der Waals surface area contributed by atoms with E-state index in [0.717, 1.165) is 31.7 Å². The second kappa shape index (κ2) is 6.29. The first-order valence-corrected chi connectivity index (χ1v) is 5.20.